The summed E-state index contributed by atoms with van der Waals surface area (Å²) in [4.78, 5) is 10.9. The predicted octanol–water partition coefficient (Wildman–Crippen LogP) is 1.81. The van der Waals surface area contributed by atoms with E-state index < -0.39 is 0 Å². The molecular weight excluding hydrogens is 254 g/mol. The summed E-state index contributed by atoms with van der Waals surface area (Å²) < 4.78 is 5.46. The highest BCUT2D eigenvalue weighted by molar-refractivity contribution is 5.63. The number of nitrogens with zero attached hydrogens (tertiary/aromatic N) is 3. The van der Waals surface area contributed by atoms with Crippen LogP contribution in [0.25, 0.3) is 0 Å². The summed E-state index contributed by atoms with van der Waals surface area (Å²) in [5, 5.41) is 6.70. The molecule has 1 aliphatic rings. The van der Waals surface area contributed by atoms with Gasteiger partial charge in [-0.15, -0.1) is 0 Å². The highest BCUT2D eigenvalue weighted by atomic mass is 16.5. The first-order chi connectivity index (χ1) is 9.65. The van der Waals surface area contributed by atoms with Gasteiger partial charge in [0.15, 0.2) is 11.6 Å². The molecule has 1 fully saturated rings. The van der Waals surface area contributed by atoms with Crippen molar-refractivity contribution in [2.45, 2.75) is 38.8 Å². The minimum absolute atomic E-state index is 0.430. The molecular formula is C14H25N5O. The van der Waals surface area contributed by atoms with Crippen LogP contribution in [0.4, 0.5) is 11.6 Å². The third kappa shape index (κ3) is 3.30. The lowest BCUT2D eigenvalue weighted by Gasteiger charge is -2.35. The highest BCUT2D eigenvalue weighted by Gasteiger charge is 2.24. The second kappa shape index (κ2) is 6.74. The molecule has 0 spiro atoms. The Morgan fingerprint density at radius 2 is 2.15 bits per heavy atom. The molecule has 1 aromatic heterocycles. The summed E-state index contributed by atoms with van der Waals surface area (Å²) in [6.45, 7) is 6.20. The Kier molecular flexibility index (Phi) is 5.00. The van der Waals surface area contributed by atoms with Gasteiger partial charge < -0.3 is 20.3 Å². The lowest BCUT2D eigenvalue weighted by atomic mass is 9.99. The number of anilines is 2. The SMILES string of the molecule is CCNc1ncnc(NC2CCN(C)C(C)C2)c1OC. The molecule has 1 aliphatic heterocycles. The largest absolute Gasteiger partial charge is 0.490 e. The van der Waals surface area contributed by atoms with Gasteiger partial charge in [0.05, 0.1) is 7.11 Å². The fourth-order valence-corrected chi connectivity index (χ4v) is 2.58. The van der Waals surface area contributed by atoms with Crippen LogP contribution < -0.4 is 15.4 Å². The molecule has 0 bridgehead atoms. The Bertz CT molecular complexity index is 440. The fourth-order valence-electron chi connectivity index (χ4n) is 2.58. The molecule has 1 aromatic rings. The predicted molar refractivity (Wildman–Crippen MR) is 81.5 cm³/mol. The lowest BCUT2D eigenvalue weighted by Crippen LogP contribution is -2.42. The van der Waals surface area contributed by atoms with Crippen molar-refractivity contribution in [1.82, 2.24) is 14.9 Å². The molecule has 2 N–H and O–H groups in total. The Hall–Kier alpha value is -1.56. The van der Waals surface area contributed by atoms with Gasteiger partial charge >= 0.3 is 0 Å². The molecule has 6 heteroatoms. The van der Waals surface area contributed by atoms with Gasteiger partial charge in [-0.2, -0.15) is 0 Å². The molecule has 2 rings (SSSR count). The van der Waals surface area contributed by atoms with E-state index in [0.717, 1.165) is 37.6 Å². The molecule has 2 heterocycles. The standard InChI is InChI=1S/C14H25N5O/c1-5-15-13-12(20-4)14(17-9-16-13)18-11-6-7-19(3)10(2)8-11/h9-11H,5-8H2,1-4H3,(H2,15,16,17,18). The van der Waals surface area contributed by atoms with E-state index in [1.807, 2.05) is 6.92 Å². The van der Waals surface area contributed by atoms with Crippen molar-refractivity contribution >= 4 is 11.6 Å². The molecule has 0 aromatic carbocycles. The number of rotatable bonds is 5. The summed E-state index contributed by atoms with van der Waals surface area (Å²) in [5.74, 6) is 2.22. The fraction of sp³-hybridized carbons (Fsp3) is 0.714. The van der Waals surface area contributed by atoms with Gasteiger partial charge in [0.1, 0.15) is 6.33 Å². The van der Waals surface area contributed by atoms with E-state index in [1.54, 1.807) is 13.4 Å². The minimum Gasteiger partial charge on any atom is -0.490 e. The monoisotopic (exact) mass is 279 g/mol. The van der Waals surface area contributed by atoms with Crippen LogP contribution in [-0.2, 0) is 0 Å². The smallest absolute Gasteiger partial charge is 0.204 e. The maximum Gasteiger partial charge on any atom is 0.204 e. The van der Waals surface area contributed by atoms with Crippen LogP contribution in [-0.4, -0.2) is 54.2 Å². The quantitative estimate of drug-likeness (QED) is 0.857. The van der Waals surface area contributed by atoms with Crippen LogP contribution in [0, 0.1) is 0 Å². The van der Waals surface area contributed by atoms with Gasteiger partial charge in [0.25, 0.3) is 0 Å². The van der Waals surface area contributed by atoms with Crippen LogP contribution in [0.1, 0.15) is 26.7 Å². The van der Waals surface area contributed by atoms with E-state index in [1.165, 1.54) is 0 Å². The van der Waals surface area contributed by atoms with Crippen molar-refractivity contribution in [3.05, 3.63) is 6.33 Å². The lowest BCUT2D eigenvalue weighted by molar-refractivity contribution is 0.190. The van der Waals surface area contributed by atoms with Crippen molar-refractivity contribution in [2.75, 3.05) is 37.9 Å². The van der Waals surface area contributed by atoms with E-state index in [4.69, 9.17) is 4.74 Å². The Labute approximate surface area is 120 Å². The molecule has 112 valence electrons. The van der Waals surface area contributed by atoms with E-state index >= 15 is 0 Å². The zero-order valence-corrected chi connectivity index (χ0v) is 12.8. The van der Waals surface area contributed by atoms with Gasteiger partial charge in [-0.1, -0.05) is 0 Å². The zero-order chi connectivity index (χ0) is 14.5. The van der Waals surface area contributed by atoms with Gasteiger partial charge in [-0.05, 0) is 33.7 Å². The maximum absolute atomic E-state index is 5.46. The first-order valence-corrected chi connectivity index (χ1v) is 7.25. The van der Waals surface area contributed by atoms with E-state index in [-0.39, 0.29) is 0 Å². The van der Waals surface area contributed by atoms with E-state index in [2.05, 4.69) is 39.5 Å². The van der Waals surface area contributed by atoms with Crippen molar-refractivity contribution in [1.29, 1.82) is 0 Å². The van der Waals surface area contributed by atoms with Gasteiger partial charge in [0.2, 0.25) is 5.75 Å². The topological polar surface area (TPSA) is 62.3 Å². The number of piperidine rings is 1. The summed E-state index contributed by atoms with van der Waals surface area (Å²) in [7, 11) is 3.83. The second-order valence-electron chi connectivity index (χ2n) is 5.33. The normalized spacial score (nSPS) is 23.4. The van der Waals surface area contributed by atoms with E-state index in [0.29, 0.717) is 17.8 Å². The molecule has 6 nitrogen and oxygen atoms in total. The Morgan fingerprint density at radius 3 is 2.80 bits per heavy atom. The molecule has 1 saturated heterocycles. The summed E-state index contributed by atoms with van der Waals surface area (Å²) >= 11 is 0. The number of methoxy groups -OCH3 is 1. The van der Waals surface area contributed by atoms with Crippen molar-refractivity contribution in [3.8, 4) is 5.75 Å². The number of ether oxygens (including phenoxy) is 1. The highest BCUT2D eigenvalue weighted by Crippen LogP contribution is 2.30. The minimum atomic E-state index is 0.430. The summed E-state index contributed by atoms with van der Waals surface area (Å²) in [5.41, 5.74) is 0. The third-order valence-corrected chi connectivity index (χ3v) is 3.90. The number of aromatic nitrogens is 2. The Morgan fingerprint density at radius 1 is 1.40 bits per heavy atom. The molecule has 2 atom stereocenters. The second-order valence-corrected chi connectivity index (χ2v) is 5.33. The average Bonchev–Trinajstić information content (AvgIpc) is 2.44. The van der Waals surface area contributed by atoms with Crippen molar-refractivity contribution in [3.63, 3.8) is 0 Å². The molecule has 0 radical (unpaired) electrons. The molecule has 0 aliphatic carbocycles. The Balaban J connectivity index is 2.10. The van der Waals surface area contributed by atoms with Gasteiger partial charge in [-0.3, -0.25) is 0 Å². The summed E-state index contributed by atoms with van der Waals surface area (Å²) in [6.07, 6.45) is 3.80. The van der Waals surface area contributed by atoms with Crippen molar-refractivity contribution < 1.29 is 4.74 Å². The van der Waals surface area contributed by atoms with Crippen LogP contribution in [0.2, 0.25) is 0 Å². The number of nitrogens with one attached hydrogen (secondary N) is 2. The third-order valence-electron chi connectivity index (χ3n) is 3.90. The van der Waals surface area contributed by atoms with E-state index in [9.17, 15) is 0 Å². The van der Waals surface area contributed by atoms with Crippen molar-refractivity contribution in [2.24, 2.45) is 0 Å². The number of likely N-dealkylation sites (tertiary alicyclic amines) is 1. The molecule has 2 unspecified atom stereocenters. The number of hydrogen-bond acceptors (Lipinski definition) is 6. The van der Waals surface area contributed by atoms with Crippen LogP contribution in [0.5, 0.6) is 5.75 Å². The van der Waals surface area contributed by atoms with Crippen LogP contribution in [0.3, 0.4) is 0 Å². The van der Waals surface area contributed by atoms with Gasteiger partial charge in [-0.25, -0.2) is 9.97 Å². The first kappa shape index (κ1) is 14.8. The molecule has 0 saturated carbocycles. The molecule has 0 amide bonds. The maximum atomic E-state index is 5.46. The van der Waals surface area contributed by atoms with Crippen LogP contribution in [0.15, 0.2) is 6.33 Å². The zero-order valence-electron chi connectivity index (χ0n) is 12.8. The summed E-state index contributed by atoms with van der Waals surface area (Å²) in [6, 6.07) is 1.02. The number of hydrogen-bond donors (Lipinski definition) is 2. The molecule has 20 heavy (non-hydrogen) atoms. The van der Waals surface area contributed by atoms with Crippen LogP contribution >= 0.6 is 0 Å². The first-order valence-electron chi connectivity index (χ1n) is 7.25. The van der Waals surface area contributed by atoms with Gasteiger partial charge in [0, 0.05) is 25.2 Å². The average molecular weight is 279 g/mol.